The predicted octanol–water partition coefficient (Wildman–Crippen LogP) is 5.86. The summed E-state index contributed by atoms with van der Waals surface area (Å²) >= 11 is 6.00. The van der Waals surface area contributed by atoms with Gasteiger partial charge in [0.1, 0.15) is 0 Å². The third-order valence-corrected chi connectivity index (χ3v) is 4.83. The van der Waals surface area contributed by atoms with Gasteiger partial charge in [0.05, 0.1) is 5.52 Å². The van der Waals surface area contributed by atoms with Gasteiger partial charge in [0, 0.05) is 33.0 Å². The van der Waals surface area contributed by atoms with E-state index in [1.807, 2.05) is 38.1 Å². The van der Waals surface area contributed by atoms with Gasteiger partial charge >= 0.3 is 0 Å². The second-order valence-corrected chi connectivity index (χ2v) is 6.95. The Hall–Kier alpha value is -3.38. The van der Waals surface area contributed by atoms with Crippen LogP contribution in [0.5, 0.6) is 5.88 Å². The molecule has 4 rings (SSSR count). The predicted molar refractivity (Wildman–Crippen MR) is 109 cm³/mol. The Morgan fingerprint density at radius 1 is 1.04 bits per heavy atom. The molecule has 0 spiro atoms. The molecule has 4 aromatic rings. The molecule has 0 saturated carbocycles. The van der Waals surface area contributed by atoms with E-state index in [9.17, 15) is 9.90 Å². The average Bonchev–Trinajstić information content (AvgIpc) is 3.18. The van der Waals surface area contributed by atoms with E-state index >= 15 is 0 Å². The molecule has 7 heteroatoms. The maximum atomic E-state index is 12.4. The number of aromatic nitrogens is 2. The van der Waals surface area contributed by atoms with E-state index in [1.165, 1.54) is 0 Å². The Morgan fingerprint density at radius 3 is 2.39 bits per heavy atom. The van der Waals surface area contributed by atoms with Gasteiger partial charge in [0.2, 0.25) is 5.88 Å². The lowest BCUT2D eigenvalue weighted by Gasteiger charge is -2.09. The fourth-order valence-electron chi connectivity index (χ4n) is 3.22. The molecule has 0 radical (unpaired) electrons. The first-order chi connectivity index (χ1) is 13.4. The third kappa shape index (κ3) is 3.18. The van der Waals surface area contributed by atoms with Crippen molar-refractivity contribution in [3.05, 3.63) is 76.6 Å². The van der Waals surface area contributed by atoms with Crippen molar-refractivity contribution in [2.24, 2.45) is 10.2 Å². The smallest absolute Gasteiger partial charge is 0.295 e. The zero-order chi connectivity index (χ0) is 19.8. The summed E-state index contributed by atoms with van der Waals surface area (Å²) in [4.78, 5) is 15.2. The molecule has 0 bridgehead atoms. The summed E-state index contributed by atoms with van der Waals surface area (Å²) in [5.74, 6) is -0.661. The van der Waals surface area contributed by atoms with Crippen LogP contribution in [0.2, 0.25) is 5.02 Å². The van der Waals surface area contributed by atoms with Gasteiger partial charge in [-0.05, 0) is 68.4 Å². The summed E-state index contributed by atoms with van der Waals surface area (Å²) in [7, 11) is 0. The van der Waals surface area contributed by atoms with Gasteiger partial charge in [0.15, 0.2) is 5.69 Å². The molecule has 2 N–H and O–H groups in total. The van der Waals surface area contributed by atoms with Crippen LogP contribution in [-0.2, 0) is 0 Å². The molecule has 2 heterocycles. The van der Waals surface area contributed by atoms with Crippen LogP contribution in [0.25, 0.3) is 16.6 Å². The lowest BCUT2D eigenvalue weighted by molar-refractivity contribution is 0.0995. The molecule has 0 fully saturated rings. The first-order valence-electron chi connectivity index (χ1n) is 8.65. The van der Waals surface area contributed by atoms with Crippen LogP contribution in [0, 0.1) is 13.8 Å². The summed E-state index contributed by atoms with van der Waals surface area (Å²) in [5.41, 5.74) is 4.45. The summed E-state index contributed by atoms with van der Waals surface area (Å²) in [6, 6.07) is 16.3. The minimum atomic E-state index is -0.497. The van der Waals surface area contributed by atoms with Gasteiger partial charge in [-0.2, -0.15) is 0 Å². The topological polar surface area (TPSA) is 82.7 Å². The van der Waals surface area contributed by atoms with Crippen molar-refractivity contribution in [2.45, 2.75) is 13.8 Å². The summed E-state index contributed by atoms with van der Waals surface area (Å²) in [5, 5.41) is 18.8. The number of halogens is 1. The van der Waals surface area contributed by atoms with Gasteiger partial charge in [-0.3, -0.25) is 4.79 Å². The molecule has 2 aromatic heterocycles. The van der Waals surface area contributed by atoms with Crippen LogP contribution in [0.4, 0.5) is 5.69 Å². The number of aromatic amines is 1. The fraction of sp³-hybridized carbons (Fsp3) is 0.0952. The van der Waals surface area contributed by atoms with Crippen LogP contribution in [0.15, 0.2) is 64.8 Å². The lowest BCUT2D eigenvalue weighted by atomic mass is 10.2. The van der Waals surface area contributed by atoms with Crippen LogP contribution in [0.1, 0.15) is 21.7 Å². The highest BCUT2D eigenvalue weighted by atomic mass is 35.5. The molecular formula is C21H17ClN4O2. The number of H-pyrrole nitrogens is 1. The summed E-state index contributed by atoms with van der Waals surface area (Å²) in [6.07, 6.45) is 0. The molecule has 28 heavy (non-hydrogen) atoms. The van der Waals surface area contributed by atoms with E-state index in [0.717, 1.165) is 17.1 Å². The molecule has 2 aromatic carbocycles. The van der Waals surface area contributed by atoms with Crippen molar-refractivity contribution in [3.8, 4) is 11.6 Å². The number of aryl methyl sites for hydroxylation is 2. The monoisotopic (exact) mass is 392 g/mol. The van der Waals surface area contributed by atoms with Crippen LogP contribution >= 0.6 is 11.6 Å². The van der Waals surface area contributed by atoms with Gasteiger partial charge in [-0.25, -0.2) is 0 Å². The zero-order valence-electron chi connectivity index (χ0n) is 15.3. The van der Waals surface area contributed by atoms with Gasteiger partial charge in [0.25, 0.3) is 5.91 Å². The minimum absolute atomic E-state index is 0.164. The SMILES string of the molecule is Cc1ccc(C)n1-c1ccc(C(=O)N=Nc2c(O)[nH]c3ccc(Cl)cc23)cc1. The molecule has 6 nitrogen and oxygen atoms in total. The van der Waals surface area contributed by atoms with Crippen molar-refractivity contribution in [1.29, 1.82) is 0 Å². The molecule has 0 atom stereocenters. The Bertz CT molecular complexity index is 1200. The number of hydrogen-bond donors (Lipinski definition) is 2. The maximum absolute atomic E-state index is 12.4. The first-order valence-corrected chi connectivity index (χ1v) is 9.03. The largest absolute Gasteiger partial charge is 0.493 e. The number of carbonyl (C=O) groups excluding carboxylic acids is 1. The van der Waals surface area contributed by atoms with Crippen molar-refractivity contribution in [3.63, 3.8) is 0 Å². The van der Waals surface area contributed by atoms with E-state index < -0.39 is 5.91 Å². The minimum Gasteiger partial charge on any atom is -0.493 e. The van der Waals surface area contributed by atoms with Crippen LogP contribution < -0.4 is 0 Å². The number of carbonyl (C=O) groups is 1. The van der Waals surface area contributed by atoms with E-state index in [-0.39, 0.29) is 11.6 Å². The number of aromatic hydroxyl groups is 1. The molecule has 0 aliphatic rings. The van der Waals surface area contributed by atoms with Crippen molar-refractivity contribution >= 4 is 34.1 Å². The Morgan fingerprint density at radius 2 is 1.71 bits per heavy atom. The molecule has 1 amide bonds. The standard InChI is InChI=1S/C21H17ClN4O2/c1-12-3-4-13(2)26(12)16-8-5-14(6-9-16)20(27)25-24-19-17-11-15(22)7-10-18(17)23-21(19)28/h3-11,23,28H,1-2H3. The fourth-order valence-corrected chi connectivity index (χ4v) is 3.39. The van der Waals surface area contributed by atoms with Gasteiger partial charge in [-0.1, -0.05) is 11.6 Å². The molecule has 140 valence electrons. The molecule has 0 unspecified atom stereocenters. The highest BCUT2D eigenvalue weighted by molar-refractivity contribution is 6.31. The average molecular weight is 393 g/mol. The van der Waals surface area contributed by atoms with Crippen molar-refractivity contribution in [2.75, 3.05) is 0 Å². The zero-order valence-corrected chi connectivity index (χ0v) is 16.0. The summed E-state index contributed by atoms with van der Waals surface area (Å²) < 4.78 is 2.10. The van der Waals surface area contributed by atoms with Crippen molar-refractivity contribution < 1.29 is 9.90 Å². The molecule has 0 aliphatic carbocycles. The Kier molecular flexibility index (Phi) is 4.49. The number of rotatable bonds is 3. The van der Waals surface area contributed by atoms with Crippen molar-refractivity contribution in [1.82, 2.24) is 9.55 Å². The van der Waals surface area contributed by atoms with Gasteiger partial charge < -0.3 is 14.7 Å². The second kappa shape index (κ2) is 6.98. The second-order valence-electron chi connectivity index (χ2n) is 6.52. The molecule has 0 aliphatic heterocycles. The highest BCUT2D eigenvalue weighted by Gasteiger charge is 2.12. The maximum Gasteiger partial charge on any atom is 0.295 e. The van der Waals surface area contributed by atoms with Crippen LogP contribution in [-0.4, -0.2) is 20.6 Å². The highest BCUT2D eigenvalue weighted by Crippen LogP contribution is 2.36. The molecular weight excluding hydrogens is 376 g/mol. The Labute approximate surface area is 166 Å². The number of nitrogens with zero attached hydrogens (tertiary/aromatic N) is 3. The number of benzene rings is 2. The van der Waals surface area contributed by atoms with E-state index in [1.54, 1.807) is 30.3 Å². The van der Waals surface area contributed by atoms with Crippen LogP contribution in [0.3, 0.4) is 0 Å². The molecule has 0 saturated heterocycles. The van der Waals surface area contributed by atoms with E-state index in [2.05, 4.69) is 19.8 Å². The number of hydrogen-bond acceptors (Lipinski definition) is 3. The summed E-state index contributed by atoms with van der Waals surface area (Å²) in [6.45, 7) is 4.06. The van der Waals surface area contributed by atoms with E-state index in [4.69, 9.17) is 11.6 Å². The van der Waals surface area contributed by atoms with E-state index in [0.29, 0.717) is 21.5 Å². The normalized spacial score (nSPS) is 11.5. The lowest BCUT2D eigenvalue weighted by Crippen LogP contribution is -2.00. The number of fused-ring (bicyclic) bond motifs is 1. The quantitative estimate of drug-likeness (QED) is 0.428. The first kappa shape index (κ1) is 18.0. The number of nitrogens with one attached hydrogen (secondary N) is 1. The number of amides is 1. The third-order valence-electron chi connectivity index (χ3n) is 4.60. The number of azo groups is 1. The Balaban J connectivity index is 1.61. The van der Waals surface area contributed by atoms with Gasteiger partial charge in [-0.15, -0.1) is 10.2 Å².